The maximum absolute atomic E-state index is 12.8. The summed E-state index contributed by atoms with van der Waals surface area (Å²) in [7, 11) is 1.50. The van der Waals surface area contributed by atoms with Gasteiger partial charge in [0.15, 0.2) is 0 Å². The largest absolute Gasteiger partial charge is 0.300 e. The highest BCUT2D eigenvalue weighted by Crippen LogP contribution is 2.51. The summed E-state index contributed by atoms with van der Waals surface area (Å²) in [4.78, 5) is 2.26. The second-order valence-corrected chi connectivity index (χ2v) is 11.3. The molecule has 0 aliphatic carbocycles. The third-order valence-electron chi connectivity index (χ3n) is 2.57. The monoisotopic (exact) mass is 225 g/mol. The standard InChI is InChI=1S/C9H20FNS2/c1-12-13(2,3)7-6-11-5-4-9(10)8-11/h9H,4-8H2,1-3H3. The van der Waals surface area contributed by atoms with E-state index in [1.165, 1.54) is 5.75 Å². The van der Waals surface area contributed by atoms with Crippen molar-refractivity contribution in [3.05, 3.63) is 0 Å². The Morgan fingerprint density at radius 2 is 2.23 bits per heavy atom. The summed E-state index contributed by atoms with van der Waals surface area (Å²) in [6.45, 7) is 2.72. The highest BCUT2D eigenvalue weighted by molar-refractivity contribution is 8.93. The van der Waals surface area contributed by atoms with Crippen molar-refractivity contribution in [3.8, 4) is 0 Å². The van der Waals surface area contributed by atoms with E-state index in [0.717, 1.165) is 19.5 Å². The highest BCUT2D eigenvalue weighted by atomic mass is 33.2. The summed E-state index contributed by atoms with van der Waals surface area (Å²) in [6.07, 6.45) is 7.03. The van der Waals surface area contributed by atoms with Crippen molar-refractivity contribution < 1.29 is 4.39 Å². The lowest BCUT2D eigenvalue weighted by molar-refractivity contribution is 0.299. The average molecular weight is 225 g/mol. The van der Waals surface area contributed by atoms with Crippen LogP contribution in [0.5, 0.6) is 0 Å². The van der Waals surface area contributed by atoms with Crippen LogP contribution in [-0.2, 0) is 0 Å². The van der Waals surface area contributed by atoms with Gasteiger partial charge in [0.25, 0.3) is 0 Å². The second-order valence-electron chi connectivity index (χ2n) is 3.99. The van der Waals surface area contributed by atoms with Crippen molar-refractivity contribution >= 4 is 19.9 Å². The molecular formula is C9H20FNS2. The number of nitrogens with zero attached hydrogens (tertiary/aromatic N) is 1. The van der Waals surface area contributed by atoms with Crippen molar-refractivity contribution in [2.24, 2.45) is 0 Å². The second kappa shape index (κ2) is 4.89. The van der Waals surface area contributed by atoms with Crippen LogP contribution < -0.4 is 0 Å². The van der Waals surface area contributed by atoms with Gasteiger partial charge < -0.3 is 0 Å². The molecule has 0 amide bonds. The van der Waals surface area contributed by atoms with Gasteiger partial charge in [-0.15, -0.1) is 10.8 Å². The highest BCUT2D eigenvalue weighted by Gasteiger charge is 2.22. The fourth-order valence-corrected chi connectivity index (χ4v) is 3.01. The molecule has 1 rings (SSSR count). The predicted octanol–water partition coefficient (Wildman–Crippen LogP) is 2.37. The van der Waals surface area contributed by atoms with E-state index in [1.54, 1.807) is 0 Å². The van der Waals surface area contributed by atoms with Gasteiger partial charge in [0.1, 0.15) is 6.17 Å². The zero-order valence-corrected chi connectivity index (χ0v) is 10.4. The molecule has 1 saturated heterocycles. The maximum atomic E-state index is 12.8. The van der Waals surface area contributed by atoms with Gasteiger partial charge in [0.05, 0.1) is 0 Å². The number of alkyl halides is 1. The van der Waals surface area contributed by atoms with Crippen LogP contribution >= 0.6 is 19.9 Å². The Kier molecular flexibility index (Phi) is 4.39. The third-order valence-corrected chi connectivity index (χ3v) is 7.84. The van der Waals surface area contributed by atoms with Gasteiger partial charge in [-0.25, -0.2) is 4.39 Å². The van der Waals surface area contributed by atoms with Crippen molar-refractivity contribution in [1.29, 1.82) is 0 Å². The number of hydrogen-bond acceptors (Lipinski definition) is 2. The molecule has 0 aromatic carbocycles. The van der Waals surface area contributed by atoms with Crippen LogP contribution in [0.3, 0.4) is 0 Å². The predicted molar refractivity (Wildman–Crippen MR) is 63.8 cm³/mol. The van der Waals surface area contributed by atoms with Crippen LogP contribution in [0.15, 0.2) is 0 Å². The smallest absolute Gasteiger partial charge is 0.114 e. The fourth-order valence-electron chi connectivity index (χ4n) is 1.42. The quantitative estimate of drug-likeness (QED) is 0.676. The first kappa shape index (κ1) is 11.7. The summed E-state index contributed by atoms with van der Waals surface area (Å²) >= 11 is 0. The zero-order chi connectivity index (χ0) is 9.90. The van der Waals surface area contributed by atoms with Crippen LogP contribution in [-0.4, -0.2) is 55.2 Å². The fraction of sp³-hybridized carbons (Fsp3) is 1.00. The molecule has 4 heteroatoms. The van der Waals surface area contributed by atoms with Crippen LogP contribution in [0.1, 0.15) is 6.42 Å². The minimum atomic E-state index is -0.563. The van der Waals surface area contributed by atoms with Gasteiger partial charge in [0.2, 0.25) is 0 Å². The Morgan fingerprint density at radius 3 is 2.69 bits per heavy atom. The van der Waals surface area contributed by atoms with E-state index in [-0.39, 0.29) is 0 Å². The molecule has 0 spiro atoms. The lowest BCUT2D eigenvalue weighted by Crippen LogP contribution is -2.25. The normalized spacial score (nSPS) is 26.6. The van der Waals surface area contributed by atoms with E-state index in [9.17, 15) is 4.39 Å². The number of hydrogen-bond donors (Lipinski definition) is 0. The topological polar surface area (TPSA) is 3.24 Å². The van der Waals surface area contributed by atoms with Gasteiger partial charge in [-0.05, 0) is 30.9 Å². The van der Waals surface area contributed by atoms with E-state index < -0.39 is 15.2 Å². The van der Waals surface area contributed by atoms with E-state index in [4.69, 9.17) is 0 Å². The summed E-state index contributed by atoms with van der Waals surface area (Å²) in [6, 6.07) is 0. The summed E-state index contributed by atoms with van der Waals surface area (Å²) in [5.74, 6) is 1.24. The molecule has 13 heavy (non-hydrogen) atoms. The summed E-state index contributed by atoms with van der Waals surface area (Å²) < 4.78 is 12.8. The van der Waals surface area contributed by atoms with E-state index in [2.05, 4.69) is 23.7 Å². The SMILES string of the molecule is CSS(C)(C)CCN1CCC(F)C1. The number of halogens is 1. The molecule has 1 nitrogen and oxygen atoms in total. The first-order valence-corrected chi connectivity index (χ1v) is 9.02. The van der Waals surface area contributed by atoms with Gasteiger partial charge in [-0.2, -0.15) is 9.06 Å². The molecule has 1 fully saturated rings. The van der Waals surface area contributed by atoms with Crippen LogP contribution in [0.4, 0.5) is 4.39 Å². The first-order chi connectivity index (χ1) is 6.03. The number of rotatable bonds is 4. The van der Waals surface area contributed by atoms with Gasteiger partial charge in [-0.3, -0.25) is 4.90 Å². The van der Waals surface area contributed by atoms with Gasteiger partial charge in [-0.1, -0.05) is 0 Å². The van der Waals surface area contributed by atoms with E-state index >= 15 is 0 Å². The summed E-state index contributed by atoms with van der Waals surface area (Å²) in [5, 5.41) is 0. The molecule has 1 atom stereocenters. The Morgan fingerprint density at radius 1 is 1.54 bits per heavy atom. The Labute approximate surface area is 86.2 Å². The van der Waals surface area contributed by atoms with Gasteiger partial charge >= 0.3 is 0 Å². The molecule has 1 unspecified atom stereocenters. The molecular weight excluding hydrogens is 205 g/mol. The van der Waals surface area contributed by atoms with Crippen LogP contribution in [0.25, 0.3) is 0 Å². The molecule has 0 radical (unpaired) electrons. The van der Waals surface area contributed by atoms with E-state index in [1.807, 2.05) is 10.8 Å². The third kappa shape index (κ3) is 4.09. The summed E-state index contributed by atoms with van der Waals surface area (Å²) in [5.41, 5.74) is 0. The van der Waals surface area contributed by atoms with Crippen molar-refractivity contribution in [1.82, 2.24) is 4.90 Å². The molecule has 80 valence electrons. The molecule has 0 bridgehead atoms. The Balaban J connectivity index is 2.19. The van der Waals surface area contributed by atoms with Crippen LogP contribution in [0.2, 0.25) is 0 Å². The van der Waals surface area contributed by atoms with Crippen LogP contribution in [0, 0.1) is 0 Å². The Hall–Kier alpha value is 0.590. The molecule has 0 saturated carbocycles. The minimum Gasteiger partial charge on any atom is -0.300 e. The van der Waals surface area contributed by atoms with Crippen molar-refractivity contribution in [3.63, 3.8) is 0 Å². The molecule has 0 N–H and O–H groups in total. The van der Waals surface area contributed by atoms with E-state index in [0.29, 0.717) is 6.54 Å². The Bertz CT molecular complexity index is 164. The maximum Gasteiger partial charge on any atom is 0.114 e. The van der Waals surface area contributed by atoms with Crippen molar-refractivity contribution in [2.75, 3.05) is 44.2 Å². The lowest BCUT2D eigenvalue weighted by atomic mass is 10.3. The minimum absolute atomic E-state index is 0.472. The first-order valence-electron chi connectivity index (χ1n) is 4.66. The molecule has 1 aliphatic rings. The molecule has 0 aromatic rings. The molecule has 1 aliphatic heterocycles. The lowest BCUT2D eigenvalue weighted by Gasteiger charge is -2.30. The average Bonchev–Trinajstić information content (AvgIpc) is 2.48. The van der Waals surface area contributed by atoms with Gasteiger partial charge in [0, 0.05) is 19.6 Å². The molecule has 1 heterocycles. The molecule has 0 aromatic heterocycles. The zero-order valence-electron chi connectivity index (χ0n) is 8.75. The number of likely N-dealkylation sites (tertiary alicyclic amines) is 1. The van der Waals surface area contributed by atoms with Crippen molar-refractivity contribution in [2.45, 2.75) is 12.6 Å².